The first-order valence-corrected chi connectivity index (χ1v) is 10.1. The third kappa shape index (κ3) is 4.57. The maximum atomic E-state index is 12.9. The van der Waals surface area contributed by atoms with Crippen molar-refractivity contribution in [1.82, 2.24) is 20.8 Å². The first-order chi connectivity index (χ1) is 13.7. The summed E-state index contributed by atoms with van der Waals surface area (Å²) in [7, 11) is 0. The van der Waals surface area contributed by atoms with Gasteiger partial charge in [0, 0.05) is 55.9 Å². The maximum absolute atomic E-state index is 12.9. The summed E-state index contributed by atoms with van der Waals surface area (Å²) < 4.78 is 11.2. The molecular weight excluding hydrogens is 392 g/mol. The van der Waals surface area contributed by atoms with Gasteiger partial charge in [0.1, 0.15) is 5.75 Å². The smallest absolute Gasteiger partial charge is 0.272 e. The lowest BCUT2D eigenvalue weighted by Crippen LogP contribution is -2.45. The lowest BCUT2D eigenvalue weighted by atomic mass is 9.74. The molecule has 1 aromatic carbocycles. The molecule has 4 rings (SSSR count). The minimum atomic E-state index is -0.132. The molecule has 0 spiro atoms. The van der Waals surface area contributed by atoms with Gasteiger partial charge in [0.15, 0.2) is 5.69 Å². The molecular formula is C21H29ClN4O3. The molecule has 2 aliphatic heterocycles. The summed E-state index contributed by atoms with van der Waals surface area (Å²) in [6.45, 7) is 6.20. The van der Waals surface area contributed by atoms with Crippen molar-refractivity contribution in [2.75, 3.05) is 32.9 Å². The molecule has 7 nitrogen and oxygen atoms in total. The van der Waals surface area contributed by atoms with Gasteiger partial charge in [-0.3, -0.25) is 9.89 Å². The van der Waals surface area contributed by atoms with Crippen LogP contribution < -0.4 is 15.4 Å². The average molecular weight is 421 g/mol. The van der Waals surface area contributed by atoms with Gasteiger partial charge < -0.3 is 20.1 Å². The zero-order valence-electron chi connectivity index (χ0n) is 16.8. The summed E-state index contributed by atoms with van der Waals surface area (Å²) in [5, 5.41) is 13.7. The molecule has 3 N–H and O–H groups in total. The Labute approximate surface area is 177 Å². The van der Waals surface area contributed by atoms with Gasteiger partial charge in [0.05, 0.1) is 6.61 Å². The van der Waals surface area contributed by atoms with Crippen molar-refractivity contribution in [2.45, 2.75) is 38.1 Å². The monoisotopic (exact) mass is 420 g/mol. The Kier molecular flexibility index (Phi) is 7.16. The molecule has 0 aliphatic carbocycles. The van der Waals surface area contributed by atoms with Crippen LogP contribution in [0.15, 0.2) is 24.3 Å². The summed E-state index contributed by atoms with van der Waals surface area (Å²) in [6.07, 6.45) is 2.63. The van der Waals surface area contributed by atoms with Gasteiger partial charge in [-0.2, -0.15) is 5.10 Å². The van der Waals surface area contributed by atoms with E-state index in [9.17, 15) is 4.79 Å². The number of nitrogens with one attached hydrogen (secondary N) is 3. The Morgan fingerprint density at radius 1 is 1.28 bits per heavy atom. The van der Waals surface area contributed by atoms with Crippen LogP contribution in [-0.2, 0) is 23.1 Å². The Morgan fingerprint density at radius 2 is 2.03 bits per heavy atom. The Bertz CT molecular complexity index is 816. The molecule has 0 saturated carbocycles. The van der Waals surface area contributed by atoms with Crippen molar-refractivity contribution >= 4 is 18.3 Å². The Balaban J connectivity index is 0.00000240. The van der Waals surface area contributed by atoms with Crippen LogP contribution in [0.25, 0.3) is 0 Å². The highest BCUT2D eigenvalue weighted by Crippen LogP contribution is 2.35. The maximum Gasteiger partial charge on any atom is 0.272 e. The highest BCUT2D eigenvalue weighted by molar-refractivity contribution is 5.94. The number of fused-ring (bicyclic) bond motifs is 1. The zero-order chi connectivity index (χ0) is 19.4. The van der Waals surface area contributed by atoms with E-state index in [1.54, 1.807) is 0 Å². The van der Waals surface area contributed by atoms with Crippen molar-refractivity contribution in [3.8, 4) is 5.75 Å². The van der Waals surface area contributed by atoms with Crippen LogP contribution in [0.4, 0.5) is 0 Å². The second kappa shape index (κ2) is 9.61. The molecule has 0 unspecified atom stereocenters. The fourth-order valence-electron chi connectivity index (χ4n) is 4.15. The van der Waals surface area contributed by atoms with Crippen molar-refractivity contribution in [3.05, 3.63) is 46.8 Å². The lowest BCUT2D eigenvalue weighted by Gasteiger charge is -2.38. The fraction of sp³-hybridized carbons (Fsp3) is 0.524. The van der Waals surface area contributed by atoms with Gasteiger partial charge >= 0.3 is 0 Å². The summed E-state index contributed by atoms with van der Waals surface area (Å²) in [4.78, 5) is 12.9. The van der Waals surface area contributed by atoms with E-state index in [0.29, 0.717) is 38.6 Å². The van der Waals surface area contributed by atoms with Gasteiger partial charge in [-0.1, -0.05) is 12.1 Å². The SMILES string of the molecule is CCOc1ccc(C2(CNC(=O)c3n[nH]c4c3CNCC4)CCOCC2)cc1.Cl. The summed E-state index contributed by atoms with van der Waals surface area (Å²) >= 11 is 0. The molecule has 1 aromatic heterocycles. The van der Waals surface area contributed by atoms with E-state index in [-0.39, 0.29) is 23.7 Å². The first kappa shape index (κ1) is 21.6. The lowest BCUT2D eigenvalue weighted by molar-refractivity contribution is 0.0486. The van der Waals surface area contributed by atoms with Crippen LogP contribution in [0, 0.1) is 0 Å². The molecule has 29 heavy (non-hydrogen) atoms. The summed E-state index contributed by atoms with van der Waals surface area (Å²) in [5.41, 5.74) is 3.65. The van der Waals surface area contributed by atoms with E-state index in [2.05, 4.69) is 33.0 Å². The van der Waals surface area contributed by atoms with Crippen LogP contribution in [0.5, 0.6) is 5.75 Å². The number of aromatic amines is 1. The predicted octanol–water partition coefficient (Wildman–Crippen LogP) is 2.35. The standard InChI is InChI=1S/C21H28N4O3.ClH/c1-2-28-16-5-3-15(4-6-16)21(8-11-27-12-9-21)14-23-20(26)19-17-13-22-10-7-18(17)24-25-19;/h3-6,22H,2,7-14H2,1H3,(H,23,26)(H,24,25);1H. The number of rotatable bonds is 6. The largest absolute Gasteiger partial charge is 0.494 e. The van der Waals surface area contributed by atoms with E-state index in [1.807, 2.05) is 19.1 Å². The number of hydrogen-bond donors (Lipinski definition) is 3. The molecule has 3 heterocycles. The molecule has 0 bridgehead atoms. The number of aromatic nitrogens is 2. The minimum absolute atomic E-state index is 0. The van der Waals surface area contributed by atoms with E-state index < -0.39 is 0 Å². The predicted molar refractivity (Wildman–Crippen MR) is 113 cm³/mol. The molecule has 1 fully saturated rings. The molecule has 8 heteroatoms. The normalized spacial score (nSPS) is 17.7. The number of H-pyrrole nitrogens is 1. The Hall–Kier alpha value is -2.09. The number of amides is 1. The van der Waals surface area contributed by atoms with Crippen LogP contribution in [0.2, 0.25) is 0 Å². The third-order valence-electron chi connectivity index (χ3n) is 5.84. The van der Waals surface area contributed by atoms with Crippen molar-refractivity contribution in [3.63, 3.8) is 0 Å². The van der Waals surface area contributed by atoms with E-state index in [1.165, 1.54) is 5.56 Å². The van der Waals surface area contributed by atoms with Gasteiger partial charge in [0.2, 0.25) is 0 Å². The number of nitrogens with zero attached hydrogens (tertiary/aromatic N) is 1. The molecule has 1 saturated heterocycles. The molecule has 158 valence electrons. The molecule has 1 amide bonds. The van der Waals surface area contributed by atoms with E-state index in [4.69, 9.17) is 9.47 Å². The number of benzene rings is 1. The van der Waals surface area contributed by atoms with Crippen molar-refractivity contribution < 1.29 is 14.3 Å². The van der Waals surface area contributed by atoms with Crippen LogP contribution in [0.3, 0.4) is 0 Å². The zero-order valence-corrected chi connectivity index (χ0v) is 17.6. The number of hydrogen-bond acceptors (Lipinski definition) is 5. The number of ether oxygens (including phenoxy) is 2. The topological polar surface area (TPSA) is 88.3 Å². The minimum Gasteiger partial charge on any atom is -0.494 e. The van der Waals surface area contributed by atoms with Crippen LogP contribution in [0.1, 0.15) is 47.1 Å². The van der Waals surface area contributed by atoms with Gasteiger partial charge in [0.25, 0.3) is 5.91 Å². The molecule has 0 atom stereocenters. The molecule has 0 radical (unpaired) electrons. The molecule has 2 aliphatic rings. The fourth-order valence-corrected chi connectivity index (χ4v) is 4.15. The van der Waals surface area contributed by atoms with E-state index >= 15 is 0 Å². The number of carbonyl (C=O) groups excluding carboxylic acids is 1. The highest BCUT2D eigenvalue weighted by Gasteiger charge is 2.35. The van der Waals surface area contributed by atoms with Gasteiger partial charge in [-0.05, 0) is 37.5 Å². The average Bonchev–Trinajstić information content (AvgIpc) is 3.18. The van der Waals surface area contributed by atoms with Crippen LogP contribution >= 0.6 is 12.4 Å². The molecule has 2 aromatic rings. The number of carbonyl (C=O) groups is 1. The van der Waals surface area contributed by atoms with Crippen LogP contribution in [-0.4, -0.2) is 49.0 Å². The first-order valence-electron chi connectivity index (χ1n) is 10.1. The summed E-state index contributed by atoms with van der Waals surface area (Å²) in [5.74, 6) is 0.756. The summed E-state index contributed by atoms with van der Waals surface area (Å²) in [6, 6.07) is 8.24. The van der Waals surface area contributed by atoms with Crippen molar-refractivity contribution in [2.24, 2.45) is 0 Å². The number of halogens is 1. The highest BCUT2D eigenvalue weighted by atomic mass is 35.5. The second-order valence-electron chi connectivity index (χ2n) is 7.49. The Morgan fingerprint density at radius 3 is 2.76 bits per heavy atom. The van der Waals surface area contributed by atoms with Gasteiger partial charge in [-0.25, -0.2) is 0 Å². The quantitative estimate of drug-likeness (QED) is 0.667. The van der Waals surface area contributed by atoms with E-state index in [0.717, 1.165) is 42.8 Å². The second-order valence-corrected chi connectivity index (χ2v) is 7.49. The van der Waals surface area contributed by atoms with Crippen molar-refractivity contribution in [1.29, 1.82) is 0 Å². The third-order valence-corrected chi connectivity index (χ3v) is 5.84. The van der Waals surface area contributed by atoms with Gasteiger partial charge in [-0.15, -0.1) is 12.4 Å².